The Balaban J connectivity index is 1.51. The lowest BCUT2D eigenvalue weighted by atomic mass is 10.2. The number of hydrogen-bond donors (Lipinski definition) is 1. The largest absolute Gasteiger partial charge is 0.573 e. The molecule has 2 heterocycles. The number of aromatic nitrogens is 3. The van der Waals surface area contributed by atoms with E-state index in [0.717, 1.165) is 23.5 Å². The normalized spacial score (nSPS) is 11.0. The molecular formula is C23H16F3N5O2. The van der Waals surface area contributed by atoms with Crippen LogP contribution in [0.1, 0.15) is 10.4 Å². The number of ether oxygens (including phenoxy) is 1. The number of amides is 1. The number of nitrogens with zero attached hydrogens (tertiary/aromatic N) is 4. The van der Waals surface area contributed by atoms with Crippen LogP contribution in [0.5, 0.6) is 5.75 Å². The molecule has 10 heteroatoms. The first-order valence-electron chi connectivity index (χ1n) is 9.63. The SMILES string of the molecule is O=C(Nc1ccc(N(c2cccnc2)c2ncccn2)cc1)c1ccc(OC(F)(F)F)cc1. The maximum Gasteiger partial charge on any atom is 0.573 e. The smallest absolute Gasteiger partial charge is 0.406 e. The molecule has 0 spiro atoms. The lowest BCUT2D eigenvalue weighted by molar-refractivity contribution is -0.274. The van der Waals surface area contributed by atoms with Crippen LogP contribution in [-0.4, -0.2) is 27.2 Å². The Kier molecular flexibility index (Phi) is 6.16. The topological polar surface area (TPSA) is 80.2 Å². The van der Waals surface area contributed by atoms with Crippen molar-refractivity contribution in [3.8, 4) is 5.75 Å². The van der Waals surface area contributed by atoms with Gasteiger partial charge in [0.15, 0.2) is 0 Å². The molecule has 0 saturated carbocycles. The predicted octanol–water partition coefficient (Wildman–Crippen LogP) is 5.49. The summed E-state index contributed by atoms with van der Waals surface area (Å²) in [6.45, 7) is 0. The fourth-order valence-corrected chi connectivity index (χ4v) is 2.98. The number of carbonyl (C=O) groups excluding carboxylic acids is 1. The van der Waals surface area contributed by atoms with Crippen LogP contribution in [0.3, 0.4) is 0 Å². The van der Waals surface area contributed by atoms with Gasteiger partial charge in [0.1, 0.15) is 5.75 Å². The van der Waals surface area contributed by atoms with Gasteiger partial charge in [0, 0.05) is 35.5 Å². The molecule has 2 aromatic heterocycles. The Morgan fingerprint density at radius 3 is 2.15 bits per heavy atom. The number of pyridine rings is 1. The highest BCUT2D eigenvalue weighted by atomic mass is 19.4. The van der Waals surface area contributed by atoms with Gasteiger partial charge < -0.3 is 10.1 Å². The number of halogens is 3. The minimum atomic E-state index is -4.79. The molecule has 2 aromatic carbocycles. The van der Waals surface area contributed by atoms with Crippen LogP contribution >= 0.6 is 0 Å². The average Bonchev–Trinajstić information content (AvgIpc) is 2.81. The van der Waals surface area contributed by atoms with Crippen LogP contribution < -0.4 is 15.0 Å². The second-order valence-corrected chi connectivity index (χ2v) is 6.67. The van der Waals surface area contributed by atoms with Crippen molar-refractivity contribution in [1.29, 1.82) is 0 Å². The number of alkyl halides is 3. The molecule has 0 unspecified atom stereocenters. The lowest BCUT2D eigenvalue weighted by Gasteiger charge is -2.22. The van der Waals surface area contributed by atoms with Gasteiger partial charge in [0.2, 0.25) is 5.95 Å². The van der Waals surface area contributed by atoms with Crippen molar-refractivity contribution in [2.45, 2.75) is 6.36 Å². The molecule has 0 radical (unpaired) electrons. The molecule has 0 bridgehead atoms. The van der Waals surface area contributed by atoms with E-state index >= 15 is 0 Å². The summed E-state index contributed by atoms with van der Waals surface area (Å²) in [6.07, 6.45) is 1.81. The summed E-state index contributed by atoms with van der Waals surface area (Å²) in [5.41, 5.74) is 2.17. The highest BCUT2D eigenvalue weighted by Crippen LogP contribution is 2.32. The summed E-state index contributed by atoms with van der Waals surface area (Å²) in [5.74, 6) is -0.428. The first-order valence-corrected chi connectivity index (χ1v) is 9.63. The van der Waals surface area contributed by atoms with Crippen LogP contribution in [-0.2, 0) is 0 Å². The molecule has 0 atom stereocenters. The van der Waals surface area contributed by atoms with E-state index in [0.29, 0.717) is 11.6 Å². The third-order valence-electron chi connectivity index (χ3n) is 4.39. The Hall–Kier alpha value is -4.47. The molecular weight excluding hydrogens is 435 g/mol. The molecule has 0 saturated heterocycles. The van der Waals surface area contributed by atoms with Crippen molar-refractivity contribution in [1.82, 2.24) is 15.0 Å². The zero-order valence-corrected chi connectivity index (χ0v) is 16.9. The molecule has 7 nitrogen and oxygen atoms in total. The number of nitrogens with one attached hydrogen (secondary N) is 1. The van der Waals surface area contributed by atoms with Gasteiger partial charge in [0.25, 0.3) is 5.91 Å². The molecule has 1 N–H and O–H groups in total. The Morgan fingerprint density at radius 1 is 0.848 bits per heavy atom. The van der Waals surface area contributed by atoms with E-state index in [2.05, 4.69) is 25.0 Å². The summed E-state index contributed by atoms with van der Waals surface area (Å²) in [7, 11) is 0. The molecule has 33 heavy (non-hydrogen) atoms. The van der Waals surface area contributed by atoms with Crippen LogP contribution in [0.4, 0.5) is 36.2 Å². The highest BCUT2D eigenvalue weighted by Gasteiger charge is 2.31. The third kappa shape index (κ3) is 5.62. The summed E-state index contributed by atoms with van der Waals surface area (Å²) in [4.78, 5) is 27.0. The van der Waals surface area contributed by atoms with Crippen LogP contribution in [0, 0.1) is 0 Å². The number of hydrogen-bond acceptors (Lipinski definition) is 6. The van der Waals surface area contributed by atoms with Crippen molar-refractivity contribution < 1.29 is 22.7 Å². The van der Waals surface area contributed by atoms with Crippen molar-refractivity contribution in [3.63, 3.8) is 0 Å². The van der Waals surface area contributed by atoms with E-state index in [9.17, 15) is 18.0 Å². The summed E-state index contributed by atoms with van der Waals surface area (Å²) in [5, 5.41) is 2.71. The zero-order valence-electron chi connectivity index (χ0n) is 16.9. The minimum Gasteiger partial charge on any atom is -0.406 e. The summed E-state index contributed by atoms with van der Waals surface area (Å²) >= 11 is 0. The van der Waals surface area contributed by atoms with E-state index in [1.54, 1.807) is 66.1 Å². The quantitative estimate of drug-likeness (QED) is 0.418. The Morgan fingerprint density at radius 2 is 1.55 bits per heavy atom. The third-order valence-corrected chi connectivity index (χ3v) is 4.39. The van der Waals surface area contributed by atoms with Crippen LogP contribution in [0.15, 0.2) is 91.5 Å². The summed E-state index contributed by atoms with van der Waals surface area (Å²) < 4.78 is 40.6. The molecule has 0 aliphatic heterocycles. The number of carbonyl (C=O) groups is 1. The van der Waals surface area contributed by atoms with E-state index in [1.165, 1.54) is 12.1 Å². The Labute approximate surface area is 186 Å². The number of anilines is 4. The van der Waals surface area contributed by atoms with Crippen molar-refractivity contribution in [2.75, 3.05) is 10.2 Å². The van der Waals surface area contributed by atoms with Gasteiger partial charge in [-0.3, -0.25) is 14.7 Å². The molecule has 166 valence electrons. The van der Waals surface area contributed by atoms with Gasteiger partial charge in [-0.15, -0.1) is 13.2 Å². The van der Waals surface area contributed by atoms with Crippen molar-refractivity contribution in [3.05, 3.63) is 97.1 Å². The summed E-state index contributed by atoms with van der Waals surface area (Å²) in [6, 6.07) is 17.0. The van der Waals surface area contributed by atoms with E-state index in [-0.39, 0.29) is 5.56 Å². The van der Waals surface area contributed by atoms with E-state index < -0.39 is 18.0 Å². The predicted molar refractivity (Wildman–Crippen MR) is 116 cm³/mol. The second kappa shape index (κ2) is 9.35. The molecule has 0 aliphatic rings. The van der Waals surface area contributed by atoms with Gasteiger partial charge in [-0.2, -0.15) is 0 Å². The fourth-order valence-electron chi connectivity index (χ4n) is 2.98. The molecule has 4 rings (SSSR count). The van der Waals surface area contributed by atoms with Gasteiger partial charge in [-0.1, -0.05) is 0 Å². The lowest BCUT2D eigenvalue weighted by Crippen LogP contribution is -2.17. The fraction of sp³-hybridized carbons (Fsp3) is 0.0435. The number of benzene rings is 2. The standard InChI is InChI=1S/C23H16F3N5O2/c24-23(25,26)33-20-10-4-16(5-11-20)21(32)30-17-6-8-18(9-7-17)31(19-3-1-12-27-15-19)22-28-13-2-14-29-22/h1-15H,(H,30,32). The maximum atomic E-state index is 12.5. The number of rotatable bonds is 6. The Bertz CT molecular complexity index is 1160. The zero-order chi connectivity index (χ0) is 23.3. The first-order chi connectivity index (χ1) is 15.9. The van der Waals surface area contributed by atoms with Crippen molar-refractivity contribution >= 4 is 28.9 Å². The minimum absolute atomic E-state index is 0.184. The van der Waals surface area contributed by atoms with Gasteiger partial charge in [-0.25, -0.2) is 9.97 Å². The first kappa shape index (κ1) is 21.8. The van der Waals surface area contributed by atoms with E-state index in [4.69, 9.17) is 0 Å². The van der Waals surface area contributed by atoms with E-state index in [1.807, 2.05) is 6.07 Å². The molecule has 0 aliphatic carbocycles. The van der Waals surface area contributed by atoms with Crippen LogP contribution in [0.2, 0.25) is 0 Å². The average molecular weight is 451 g/mol. The van der Waals surface area contributed by atoms with Crippen LogP contribution in [0.25, 0.3) is 0 Å². The van der Waals surface area contributed by atoms with Gasteiger partial charge in [-0.05, 0) is 66.7 Å². The molecule has 1 amide bonds. The molecule has 4 aromatic rings. The molecule has 0 fully saturated rings. The van der Waals surface area contributed by atoms with Gasteiger partial charge >= 0.3 is 6.36 Å². The second-order valence-electron chi connectivity index (χ2n) is 6.67. The monoisotopic (exact) mass is 451 g/mol. The highest BCUT2D eigenvalue weighted by molar-refractivity contribution is 6.04. The maximum absolute atomic E-state index is 12.5. The van der Waals surface area contributed by atoms with Gasteiger partial charge in [0.05, 0.1) is 11.9 Å². The van der Waals surface area contributed by atoms with Crippen molar-refractivity contribution in [2.24, 2.45) is 0 Å².